The van der Waals surface area contributed by atoms with Gasteiger partial charge in [0.05, 0.1) is 6.54 Å². The molecule has 4 aromatic rings. The number of rotatable bonds is 5. The minimum Gasteiger partial charge on any atom is -0.349 e. The molecule has 4 aromatic heterocycles. The van der Waals surface area contributed by atoms with E-state index in [1.54, 1.807) is 16.6 Å². The molecule has 0 fully saturated rings. The summed E-state index contributed by atoms with van der Waals surface area (Å²) in [5, 5.41) is 17.3. The predicted molar refractivity (Wildman–Crippen MR) is 98.3 cm³/mol. The zero-order valence-corrected chi connectivity index (χ0v) is 15.5. The number of hydrogen-bond donors (Lipinski definition) is 1. The molecule has 0 unspecified atom stereocenters. The first-order valence-corrected chi connectivity index (χ1v) is 9.10. The van der Waals surface area contributed by atoms with Crippen LogP contribution in [0.3, 0.4) is 0 Å². The van der Waals surface area contributed by atoms with Crippen LogP contribution in [0.1, 0.15) is 21.9 Å². The summed E-state index contributed by atoms with van der Waals surface area (Å²) in [4.78, 5) is 29.0. The van der Waals surface area contributed by atoms with Gasteiger partial charge in [-0.05, 0) is 47.9 Å². The van der Waals surface area contributed by atoms with Crippen molar-refractivity contribution in [2.75, 3.05) is 6.54 Å². The first-order chi connectivity index (χ1) is 13.0. The monoisotopic (exact) mass is 384 g/mol. The number of carbonyl (C=O) groups is 1. The van der Waals surface area contributed by atoms with E-state index in [0.717, 1.165) is 11.4 Å². The number of aromatic nitrogens is 7. The number of amides is 1. The second-order valence-corrected chi connectivity index (χ2v) is 6.87. The lowest BCUT2D eigenvalue weighted by atomic mass is 10.3. The summed E-state index contributed by atoms with van der Waals surface area (Å²) >= 11 is 1.39. The molecule has 1 amide bonds. The number of carbonyl (C=O) groups excluding carboxylic acids is 1. The lowest BCUT2D eigenvalue weighted by Crippen LogP contribution is -2.32. The van der Waals surface area contributed by atoms with E-state index in [2.05, 4.69) is 25.8 Å². The molecule has 0 aliphatic heterocycles. The number of hydrogen-bond acceptors (Lipinski definition) is 7. The summed E-state index contributed by atoms with van der Waals surface area (Å²) in [7, 11) is 0. The average molecular weight is 384 g/mol. The maximum absolute atomic E-state index is 12.3. The van der Waals surface area contributed by atoms with Crippen molar-refractivity contribution in [3.63, 3.8) is 0 Å². The minimum absolute atomic E-state index is 0.208. The van der Waals surface area contributed by atoms with Gasteiger partial charge >= 0.3 is 5.69 Å². The number of fused-ring (bicyclic) bond motifs is 1. The van der Waals surface area contributed by atoms with Crippen LogP contribution >= 0.6 is 11.3 Å². The number of aryl methyl sites for hydroxylation is 2. The van der Waals surface area contributed by atoms with Crippen molar-refractivity contribution < 1.29 is 4.79 Å². The molecule has 0 saturated heterocycles. The molecule has 0 aliphatic carbocycles. The normalized spacial score (nSPS) is 11.2. The highest BCUT2D eigenvalue weighted by molar-refractivity contribution is 7.12. The number of tetrazole rings is 1. The Morgan fingerprint density at radius 1 is 1.26 bits per heavy atom. The maximum Gasteiger partial charge on any atom is 0.369 e. The van der Waals surface area contributed by atoms with Crippen LogP contribution in [0.5, 0.6) is 0 Å². The summed E-state index contributed by atoms with van der Waals surface area (Å²) in [5.41, 5.74) is 2.29. The second-order valence-electron chi connectivity index (χ2n) is 5.94. The fourth-order valence-corrected chi connectivity index (χ4v) is 3.38. The van der Waals surface area contributed by atoms with Gasteiger partial charge in [0.15, 0.2) is 11.3 Å². The van der Waals surface area contributed by atoms with Gasteiger partial charge in [0.1, 0.15) is 5.00 Å². The molecule has 0 atom stereocenters. The molecule has 4 heterocycles. The topological polar surface area (TPSA) is 112 Å². The molecule has 0 bridgehead atoms. The van der Waals surface area contributed by atoms with Crippen molar-refractivity contribution in [3.05, 3.63) is 57.2 Å². The fraction of sp³-hybridized carbons (Fsp3) is 0.250. The van der Waals surface area contributed by atoms with Crippen LogP contribution in [0, 0.1) is 13.8 Å². The molecule has 11 heteroatoms. The van der Waals surface area contributed by atoms with Crippen molar-refractivity contribution >= 4 is 22.9 Å². The lowest BCUT2D eigenvalue weighted by molar-refractivity contribution is 0.0946. The molecule has 0 aliphatic rings. The summed E-state index contributed by atoms with van der Waals surface area (Å²) in [6.07, 6.45) is 0. The van der Waals surface area contributed by atoms with Crippen LogP contribution in [0.4, 0.5) is 0 Å². The molecule has 0 aromatic carbocycles. The SMILES string of the molecule is Cc1cc(C)n2nc(C(=O)NCCn3nnn(-c4cccs4)c3=O)cc2n1. The molecule has 10 nitrogen and oxygen atoms in total. The summed E-state index contributed by atoms with van der Waals surface area (Å²) in [5.74, 6) is -0.337. The van der Waals surface area contributed by atoms with E-state index in [4.69, 9.17) is 0 Å². The van der Waals surface area contributed by atoms with E-state index in [0.29, 0.717) is 10.6 Å². The smallest absolute Gasteiger partial charge is 0.349 e. The molecule has 4 rings (SSSR count). The average Bonchev–Trinajstić information content (AvgIpc) is 3.35. The van der Waals surface area contributed by atoms with Crippen LogP contribution in [0.2, 0.25) is 0 Å². The Morgan fingerprint density at radius 2 is 2.11 bits per heavy atom. The van der Waals surface area contributed by atoms with Crippen LogP contribution < -0.4 is 11.0 Å². The maximum atomic E-state index is 12.3. The molecule has 1 N–H and O–H groups in total. The van der Waals surface area contributed by atoms with Gasteiger partial charge in [-0.2, -0.15) is 14.5 Å². The molecular weight excluding hydrogens is 368 g/mol. The lowest BCUT2D eigenvalue weighted by Gasteiger charge is -2.02. The van der Waals surface area contributed by atoms with Crippen LogP contribution in [0.25, 0.3) is 10.6 Å². The highest BCUT2D eigenvalue weighted by Gasteiger charge is 2.14. The van der Waals surface area contributed by atoms with E-state index in [1.165, 1.54) is 20.7 Å². The Kier molecular flexibility index (Phi) is 4.28. The van der Waals surface area contributed by atoms with E-state index in [-0.39, 0.29) is 30.4 Å². The van der Waals surface area contributed by atoms with Gasteiger partial charge in [0.2, 0.25) is 0 Å². The first kappa shape index (κ1) is 17.1. The van der Waals surface area contributed by atoms with Gasteiger partial charge in [0, 0.05) is 24.0 Å². The summed E-state index contributed by atoms with van der Waals surface area (Å²) in [6.45, 7) is 4.22. The van der Waals surface area contributed by atoms with Crippen molar-refractivity contribution in [3.8, 4) is 5.00 Å². The Bertz CT molecular complexity index is 1170. The molecule has 0 spiro atoms. The van der Waals surface area contributed by atoms with E-state index in [9.17, 15) is 9.59 Å². The van der Waals surface area contributed by atoms with Gasteiger partial charge in [-0.25, -0.2) is 14.3 Å². The highest BCUT2D eigenvalue weighted by Crippen LogP contribution is 2.10. The molecule has 0 radical (unpaired) electrons. The van der Waals surface area contributed by atoms with Gasteiger partial charge in [-0.1, -0.05) is 0 Å². The third kappa shape index (κ3) is 3.24. The van der Waals surface area contributed by atoms with E-state index in [1.807, 2.05) is 31.4 Å². The first-order valence-electron chi connectivity index (χ1n) is 8.22. The quantitative estimate of drug-likeness (QED) is 0.539. The summed E-state index contributed by atoms with van der Waals surface area (Å²) in [6, 6.07) is 7.15. The molecule has 27 heavy (non-hydrogen) atoms. The fourth-order valence-electron chi connectivity index (χ4n) is 2.71. The van der Waals surface area contributed by atoms with Crippen LogP contribution in [-0.2, 0) is 6.54 Å². The molecule has 138 valence electrons. The van der Waals surface area contributed by atoms with Gasteiger partial charge in [-0.15, -0.1) is 11.3 Å². The summed E-state index contributed by atoms with van der Waals surface area (Å²) < 4.78 is 4.06. The Labute approximate surface area is 157 Å². The number of thiophene rings is 1. The zero-order valence-electron chi connectivity index (χ0n) is 14.7. The van der Waals surface area contributed by atoms with E-state index >= 15 is 0 Å². The number of nitrogens with zero attached hydrogens (tertiary/aromatic N) is 7. The Balaban J connectivity index is 1.43. The van der Waals surface area contributed by atoms with Crippen molar-refractivity contribution in [1.29, 1.82) is 0 Å². The van der Waals surface area contributed by atoms with Gasteiger partial charge < -0.3 is 5.32 Å². The van der Waals surface area contributed by atoms with Gasteiger partial charge in [-0.3, -0.25) is 4.79 Å². The highest BCUT2D eigenvalue weighted by atomic mass is 32.1. The number of nitrogens with one attached hydrogen (secondary N) is 1. The predicted octanol–water partition coefficient (Wildman–Crippen LogP) is 0.580. The van der Waals surface area contributed by atoms with E-state index < -0.39 is 0 Å². The second kappa shape index (κ2) is 6.76. The van der Waals surface area contributed by atoms with Gasteiger partial charge in [0.25, 0.3) is 5.91 Å². The van der Waals surface area contributed by atoms with Crippen molar-refractivity contribution in [2.45, 2.75) is 20.4 Å². The van der Waals surface area contributed by atoms with Crippen LogP contribution in [0.15, 0.2) is 34.4 Å². The largest absolute Gasteiger partial charge is 0.369 e. The Hall–Kier alpha value is -3.34. The molecule has 0 saturated carbocycles. The Morgan fingerprint density at radius 3 is 2.89 bits per heavy atom. The minimum atomic E-state index is -0.352. The third-order valence-corrected chi connectivity index (χ3v) is 4.77. The standard InChI is InChI=1S/C16H16N8O2S/c1-10-8-11(2)23-13(18-10)9-12(19-23)15(25)17-5-6-22-16(26)24(21-20-22)14-4-3-7-27-14/h3-4,7-9H,5-6H2,1-2H3,(H,17,25). The van der Waals surface area contributed by atoms with Crippen molar-refractivity contribution in [1.82, 2.24) is 39.7 Å². The van der Waals surface area contributed by atoms with Crippen molar-refractivity contribution in [2.24, 2.45) is 0 Å². The zero-order chi connectivity index (χ0) is 19.0. The van der Waals surface area contributed by atoms with Crippen LogP contribution in [-0.4, -0.2) is 46.8 Å². The molecular formula is C16H16N8O2S. The third-order valence-electron chi connectivity index (χ3n) is 3.93.